The van der Waals surface area contributed by atoms with E-state index in [9.17, 15) is 4.79 Å². The van der Waals surface area contributed by atoms with Gasteiger partial charge in [0.2, 0.25) is 0 Å². The average Bonchev–Trinajstić information content (AvgIpc) is 3.12. The molecule has 3 aromatic heterocycles. The fraction of sp³-hybridized carbons (Fsp3) is 0.188. The van der Waals surface area contributed by atoms with Gasteiger partial charge in [0.15, 0.2) is 11.6 Å². The molecule has 0 fully saturated rings. The molecule has 0 saturated carbocycles. The maximum Gasteiger partial charge on any atom is 0.292 e. The van der Waals surface area contributed by atoms with Crippen LogP contribution in [0.4, 0.5) is 5.82 Å². The van der Waals surface area contributed by atoms with Crippen LogP contribution in [-0.2, 0) is 6.54 Å². The van der Waals surface area contributed by atoms with Crippen molar-refractivity contribution in [3.8, 4) is 0 Å². The molecule has 9 heteroatoms. The maximum absolute atomic E-state index is 12.3. The van der Waals surface area contributed by atoms with Crippen LogP contribution in [0.5, 0.6) is 0 Å². The number of pyridine rings is 1. The smallest absolute Gasteiger partial charge is 0.292 e. The third-order valence-electron chi connectivity index (χ3n) is 3.52. The Kier molecular flexibility index (Phi) is 5.17. The molecule has 0 saturated heterocycles. The van der Waals surface area contributed by atoms with Crippen LogP contribution in [0.1, 0.15) is 27.7 Å². The van der Waals surface area contributed by atoms with Gasteiger partial charge in [0, 0.05) is 6.20 Å². The van der Waals surface area contributed by atoms with E-state index in [-0.39, 0.29) is 16.6 Å². The highest BCUT2D eigenvalue weighted by Gasteiger charge is 2.16. The summed E-state index contributed by atoms with van der Waals surface area (Å²) in [6.45, 7) is 4.29. The zero-order chi connectivity index (χ0) is 18.1. The van der Waals surface area contributed by atoms with Crippen LogP contribution in [0.25, 0.3) is 0 Å². The summed E-state index contributed by atoms with van der Waals surface area (Å²) in [5.74, 6) is 0.538. The Morgan fingerprint density at radius 1 is 1.36 bits per heavy atom. The van der Waals surface area contributed by atoms with E-state index in [0.29, 0.717) is 17.3 Å². The molecule has 0 radical (unpaired) electrons. The molecule has 3 heterocycles. The number of carbonyl (C=O) groups is 1. The summed E-state index contributed by atoms with van der Waals surface area (Å²) in [6, 6.07) is 4.82. The zero-order valence-electron chi connectivity index (χ0n) is 13.3. The summed E-state index contributed by atoms with van der Waals surface area (Å²) in [6.07, 6.45) is 1.40. The molecule has 1 N–H and O–H groups in total. The highest BCUT2D eigenvalue weighted by atomic mass is 79.9. The molecule has 1 amide bonds. The summed E-state index contributed by atoms with van der Waals surface area (Å²) in [5, 5.41) is 7.65. The van der Waals surface area contributed by atoms with Gasteiger partial charge >= 0.3 is 0 Å². The summed E-state index contributed by atoms with van der Waals surface area (Å²) < 4.78 is 8.37. The fourth-order valence-corrected chi connectivity index (χ4v) is 2.95. The number of aromatic nitrogens is 3. The second kappa shape index (κ2) is 7.19. The van der Waals surface area contributed by atoms with E-state index in [1.807, 2.05) is 13.8 Å². The summed E-state index contributed by atoms with van der Waals surface area (Å²) in [7, 11) is 0. The Balaban J connectivity index is 1.74. The van der Waals surface area contributed by atoms with Crippen LogP contribution in [0.3, 0.4) is 0 Å². The van der Waals surface area contributed by atoms with Crippen LogP contribution < -0.4 is 5.32 Å². The number of anilines is 1. The summed E-state index contributed by atoms with van der Waals surface area (Å²) in [4.78, 5) is 16.3. The van der Waals surface area contributed by atoms with Crippen LogP contribution in [0, 0.1) is 13.8 Å². The van der Waals surface area contributed by atoms with Gasteiger partial charge in [-0.15, -0.1) is 0 Å². The van der Waals surface area contributed by atoms with Gasteiger partial charge in [0.1, 0.15) is 5.76 Å². The quantitative estimate of drug-likeness (QED) is 0.624. The number of nitrogens with one attached hydrogen (secondary N) is 1. The first kappa shape index (κ1) is 18.0. The first-order valence-corrected chi connectivity index (χ1v) is 8.80. The molecule has 25 heavy (non-hydrogen) atoms. The third kappa shape index (κ3) is 3.89. The van der Waals surface area contributed by atoms with Gasteiger partial charge < -0.3 is 9.73 Å². The molecular weight excluding hydrogens is 431 g/mol. The predicted molar refractivity (Wildman–Crippen MR) is 99.4 cm³/mol. The van der Waals surface area contributed by atoms with E-state index in [1.165, 1.54) is 12.3 Å². The lowest BCUT2D eigenvalue weighted by molar-refractivity contribution is 0.0994. The lowest BCUT2D eigenvalue weighted by atomic mass is 10.3. The Morgan fingerprint density at radius 3 is 2.76 bits per heavy atom. The molecule has 0 atom stereocenters. The van der Waals surface area contributed by atoms with Gasteiger partial charge in [-0.05, 0) is 48.0 Å². The summed E-state index contributed by atoms with van der Waals surface area (Å²) in [5.41, 5.74) is 1.88. The van der Waals surface area contributed by atoms with Gasteiger partial charge in [0.05, 0.1) is 32.5 Å². The van der Waals surface area contributed by atoms with Gasteiger partial charge in [-0.1, -0.05) is 23.2 Å². The second-order valence-corrected chi connectivity index (χ2v) is 6.98. The number of furan rings is 1. The van der Waals surface area contributed by atoms with Gasteiger partial charge in [-0.25, -0.2) is 4.98 Å². The standard InChI is InChI=1S/C16H13BrCl2N4O2/c1-8-14(17)9(2)23(22-8)7-11-3-4-13(25-11)16(24)21-15-12(19)5-10(18)6-20-15/h3-6H,7H2,1-2H3,(H,20,21,24). The zero-order valence-corrected chi connectivity index (χ0v) is 16.4. The molecule has 0 unspecified atom stereocenters. The van der Waals surface area contributed by atoms with E-state index in [0.717, 1.165) is 15.9 Å². The molecule has 0 spiro atoms. The molecule has 0 bridgehead atoms. The van der Waals surface area contributed by atoms with Crippen molar-refractivity contribution in [2.75, 3.05) is 5.32 Å². The van der Waals surface area contributed by atoms with E-state index >= 15 is 0 Å². The number of carbonyl (C=O) groups excluding carboxylic acids is 1. The lowest BCUT2D eigenvalue weighted by Crippen LogP contribution is -2.12. The lowest BCUT2D eigenvalue weighted by Gasteiger charge is -2.05. The van der Waals surface area contributed by atoms with Crippen LogP contribution in [-0.4, -0.2) is 20.7 Å². The number of amides is 1. The van der Waals surface area contributed by atoms with Crippen molar-refractivity contribution in [3.05, 3.63) is 61.8 Å². The minimum absolute atomic E-state index is 0.156. The Labute approximate surface area is 162 Å². The van der Waals surface area contributed by atoms with Gasteiger partial charge in [0.25, 0.3) is 5.91 Å². The van der Waals surface area contributed by atoms with Crippen molar-refractivity contribution >= 4 is 50.9 Å². The minimum atomic E-state index is -0.447. The molecule has 3 rings (SSSR count). The largest absolute Gasteiger partial charge is 0.454 e. The second-order valence-electron chi connectivity index (χ2n) is 5.35. The minimum Gasteiger partial charge on any atom is -0.454 e. The molecule has 0 aliphatic heterocycles. The number of hydrogen-bond donors (Lipinski definition) is 1. The topological polar surface area (TPSA) is 73.0 Å². The van der Waals surface area contributed by atoms with Crippen LogP contribution in [0.15, 0.2) is 33.3 Å². The predicted octanol–water partition coefficient (Wildman–Crippen LogP) is 4.86. The normalized spacial score (nSPS) is 10.9. The number of rotatable bonds is 4. The number of nitrogens with zero attached hydrogens (tertiary/aromatic N) is 3. The Morgan fingerprint density at radius 2 is 2.12 bits per heavy atom. The van der Waals surface area contributed by atoms with E-state index in [1.54, 1.807) is 16.8 Å². The van der Waals surface area contributed by atoms with Crippen molar-refractivity contribution in [1.82, 2.24) is 14.8 Å². The SMILES string of the molecule is Cc1nn(Cc2ccc(C(=O)Nc3ncc(Cl)cc3Cl)o2)c(C)c1Br. The van der Waals surface area contributed by atoms with Crippen molar-refractivity contribution in [2.24, 2.45) is 0 Å². The fourth-order valence-electron chi connectivity index (χ4n) is 2.24. The number of aryl methyl sites for hydroxylation is 1. The van der Waals surface area contributed by atoms with Crippen molar-refractivity contribution in [3.63, 3.8) is 0 Å². The van der Waals surface area contributed by atoms with Gasteiger partial charge in [-0.3, -0.25) is 9.48 Å². The highest BCUT2D eigenvalue weighted by Crippen LogP contribution is 2.24. The van der Waals surface area contributed by atoms with Crippen LogP contribution in [0.2, 0.25) is 10.0 Å². The molecule has 3 aromatic rings. The highest BCUT2D eigenvalue weighted by molar-refractivity contribution is 9.10. The van der Waals surface area contributed by atoms with Crippen molar-refractivity contribution in [2.45, 2.75) is 20.4 Å². The number of hydrogen-bond acceptors (Lipinski definition) is 4. The average molecular weight is 444 g/mol. The molecule has 0 aromatic carbocycles. The first-order valence-electron chi connectivity index (χ1n) is 7.25. The van der Waals surface area contributed by atoms with Crippen molar-refractivity contribution in [1.29, 1.82) is 0 Å². The van der Waals surface area contributed by atoms with E-state index in [2.05, 4.69) is 31.3 Å². The number of halogens is 3. The molecule has 0 aliphatic rings. The Bertz CT molecular complexity index is 952. The van der Waals surface area contributed by atoms with Gasteiger partial charge in [-0.2, -0.15) is 5.10 Å². The van der Waals surface area contributed by atoms with E-state index < -0.39 is 5.91 Å². The molecular formula is C16H13BrCl2N4O2. The van der Waals surface area contributed by atoms with Crippen LogP contribution >= 0.6 is 39.1 Å². The van der Waals surface area contributed by atoms with Crippen molar-refractivity contribution < 1.29 is 9.21 Å². The maximum atomic E-state index is 12.3. The first-order chi connectivity index (χ1) is 11.8. The van der Waals surface area contributed by atoms with E-state index in [4.69, 9.17) is 27.6 Å². The molecule has 0 aliphatic carbocycles. The molecule has 6 nitrogen and oxygen atoms in total. The third-order valence-corrected chi connectivity index (χ3v) is 5.17. The monoisotopic (exact) mass is 442 g/mol. The Hall–Kier alpha value is -1.83. The molecule has 130 valence electrons. The summed E-state index contributed by atoms with van der Waals surface area (Å²) >= 11 is 15.3.